The number of rotatable bonds is 8. The van der Waals surface area contributed by atoms with Gasteiger partial charge in [0, 0.05) is 34.1 Å². The Hall–Kier alpha value is -2.57. The minimum atomic E-state index is -0.346. The lowest BCUT2D eigenvalue weighted by molar-refractivity contribution is -0.114. The first-order valence-corrected chi connectivity index (χ1v) is 10.2. The molecule has 6 nitrogen and oxygen atoms in total. The summed E-state index contributed by atoms with van der Waals surface area (Å²) in [4.78, 5) is 22.6. The zero-order valence-corrected chi connectivity index (χ0v) is 18.5. The normalized spacial score (nSPS) is 18.7. The van der Waals surface area contributed by atoms with E-state index in [0.717, 1.165) is 23.3 Å². The molecule has 2 aromatic rings. The zero-order valence-electron chi connectivity index (χ0n) is 17.0. The summed E-state index contributed by atoms with van der Waals surface area (Å²) in [5.41, 5.74) is 3.42. The van der Waals surface area contributed by atoms with Crippen LogP contribution in [0, 0.1) is 5.92 Å². The molecule has 0 aromatic heterocycles. The van der Waals surface area contributed by atoms with Crippen LogP contribution in [0.1, 0.15) is 36.0 Å². The molecule has 2 unspecified atom stereocenters. The molecular formula is C22H23Cl2N3O3. The molecule has 30 heavy (non-hydrogen) atoms. The molecule has 0 heterocycles. The smallest absolute Gasteiger partial charge is 0.273 e. The lowest BCUT2D eigenvalue weighted by atomic mass is 10.0. The summed E-state index contributed by atoms with van der Waals surface area (Å²) in [6, 6.07) is 12.9. The largest absolute Gasteiger partial charge is 0.398 e. The molecule has 1 aliphatic carbocycles. The minimum absolute atomic E-state index is 0.176. The highest BCUT2D eigenvalue weighted by atomic mass is 35.5. The molecular weight excluding hydrogens is 425 g/mol. The van der Waals surface area contributed by atoms with Gasteiger partial charge in [-0.3, -0.25) is 4.79 Å². The summed E-state index contributed by atoms with van der Waals surface area (Å²) in [6.45, 7) is 2.13. The van der Waals surface area contributed by atoms with Gasteiger partial charge in [0.25, 0.3) is 5.91 Å². The maximum absolute atomic E-state index is 12.1. The SMILES string of the molecule is CNC(=O)/C(=N\OC)c1ccccc1CO/N=C(\C)C1CC1c1c(Cl)cccc1Cl. The van der Waals surface area contributed by atoms with E-state index in [9.17, 15) is 4.79 Å². The molecule has 8 heteroatoms. The van der Waals surface area contributed by atoms with Gasteiger partial charge in [-0.15, -0.1) is 0 Å². The molecule has 0 bridgehead atoms. The lowest BCUT2D eigenvalue weighted by Gasteiger charge is -2.10. The van der Waals surface area contributed by atoms with Crippen LogP contribution in [0.5, 0.6) is 0 Å². The molecule has 1 aliphatic rings. The van der Waals surface area contributed by atoms with Crippen molar-refractivity contribution in [1.29, 1.82) is 0 Å². The van der Waals surface area contributed by atoms with E-state index in [4.69, 9.17) is 32.9 Å². The molecule has 2 atom stereocenters. The van der Waals surface area contributed by atoms with Gasteiger partial charge in [0.15, 0.2) is 5.71 Å². The molecule has 1 N–H and O–H groups in total. The third kappa shape index (κ3) is 4.94. The van der Waals surface area contributed by atoms with Gasteiger partial charge in [0.2, 0.25) is 0 Å². The summed E-state index contributed by atoms with van der Waals surface area (Å²) in [7, 11) is 2.94. The second kappa shape index (κ2) is 9.96. The highest BCUT2D eigenvalue weighted by molar-refractivity contribution is 6.45. The summed E-state index contributed by atoms with van der Waals surface area (Å²) in [6.07, 6.45) is 0.931. The molecule has 0 spiro atoms. The second-order valence-corrected chi connectivity index (χ2v) is 7.76. The van der Waals surface area contributed by atoms with E-state index >= 15 is 0 Å². The van der Waals surface area contributed by atoms with Gasteiger partial charge in [-0.2, -0.15) is 0 Å². The Labute approximate surface area is 185 Å². The molecule has 158 valence electrons. The van der Waals surface area contributed by atoms with Crippen LogP contribution in [0.3, 0.4) is 0 Å². The van der Waals surface area contributed by atoms with Crippen molar-refractivity contribution >= 4 is 40.5 Å². The van der Waals surface area contributed by atoms with E-state index in [1.54, 1.807) is 6.07 Å². The quantitative estimate of drug-likeness (QED) is 0.467. The summed E-state index contributed by atoms with van der Waals surface area (Å²) in [5.74, 6) is 0.148. The van der Waals surface area contributed by atoms with Gasteiger partial charge in [0.1, 0.15) is 13.7 Å². The Morgan fingerprint density at radius 2 is 1.83 bits per heavy atom. The number of halogens is 2. The number of oxime groups is 2. The lowest BCUT2D eigenvalue weighted by Crippen LogP contribution is -2.29. The Morgan fingerprint density at radius 1 is 1.13 bits per heavy atom. The van der Waals surface area contributed by atoms with Crippen LogP contribution in [-0.4, -0.2) is 31.5 Å². The standard InChI is InChI=1S/C22H23Cl2N3O3/c1-13(16-11-17(16)20-18(23)9-6-10-19(20)24)26-30-12-14-7-4-5-8-15(14)21(27-29-3)22(28)25-2/h4-10,16-17H,11-12H2,1-3H3,(H,25,28)/b26-13+,27-21-. The van der Waals surface area contributed by atoms with Crippen LogP contribution in [-0.2, 0) is 21.1 Å². The molecule has 0 saturated heterocycles. The average Bonchev–Trinajstić information content (AvgIpc) is 3.52. The van der Waals surface area contributed by atoms with Gasteiger partial charge in [-0.1, -0.05) is 63.8 Å². The average molecular weight is 448 g/mol. The van der Waals surface area contributed by atoms with Crippen LogP contribution in [0.15, 0.2) is 52.8 Å². The van der Waals surface area contributed by atoms with Crippen molar-refractivity contribution in [3.8, 4) is 0 Å². The van der Waals surface area contributed by atoms with E-state index in [2.05, 4.69) is 15.6 Å². The molecule has 1 amide bonds. The van der Waals surface area contributed by atoms with Crippen molar-refractivity contribution < 1.29 is 14.5 Å². The van der Waals surface area contributed by atoms with Crippen LogP contribution in [0.4, 0.5) is 0 Å². The van der Waals surface area contributed by atoms with Crippen molar-refractivity contribution in [3.63, 3.8) is 0 Å². The number of benzene rings is 2. The summed E-state index contributed by atoms with van der Waals surface area (Å²) in [5, 5.41) is 12.1. The van der Waals surface area contributed by atoms with Gasteiger partial charge < -0.3 is 15.0 Å². The fraction of sp³-hybridized carbons (Fsp3) is 0.318. The van der Waals surface area contributed by atoms with E-state index in [0.29, 0.717) is 15.6 Å². The molecule has 0 radical (unpaired) electrons. The van der Waals surface area contributed by atoms with Crippen LogP contribution >= 0.6 is 23.2 Å². The summed E-state index contributed by atoms with van der Waals surface area (Å²) < 4.78 is 0. The maximum Gasteiger partial charge on any atom is 0.273 e. The third-order valence-electron chi connectivity index (χ3n) is 5.02. The Morgan fingerprint density at radius 3 is 2.50 bits per heavy atom. The predicted octanol–water partition coefficient (Wildman–Crippen LogP) is 4.79. The Kier molecular flexibility index (Phi) is 7.34. The zero-order chi connectivity index (χ0) is 21.7. The number of nitrogens with zero attached hydrogens (tertiary/aromatic N) is 2. The first kappa shape index (κ1) is 22.1. The molecule has 0 aliphatic heterocycles. The van der Waals surface area contributed by atoms with Crippen LogP contribution < -0.4 is 5.32 Å². The number of hydrogen-bond acceptors (Lipinski definition) is 5. The van der Waals surface area contributed by atoms with Crippen LogP contribution in [0.25, 0.3) is 0 Å². The first-order valence-electron chi connectivity index (χ1n) is 9.49. The molecule has 2 aromatic carbocycles. The number of hydrogen-bond donors (Lipinski definition) is 1. The Balaban J connectivity index is 1.69. The maximum atomic E-state index is 12.1. The topological polar surface area (TPSA) is 72.3 Å². The number of carbonyl (C=O) groups excluding carboxylic acids is 1. The second-order valence-electron chi connectivity index (χ2n) is 6.95. The fourth-order valence-electron chi connectivity index (χ4n) is 3.41. The van der Waals surface area contributed by atoms with E-state index in [1.165, 1.54) is 14.2 Å². The predicted molar refractivity (Wildman–Crippen MR) is 119 cm³/mol. The fourth-order valence-corrected chi connectivity index (χ4v) is 4.09. The van der Waals surface area contributed by atoms with Crippen molar-refractivity contribution in [2.75, 3.05) is 14.2 Å². The summed E-state index contributed by atoms with van der Waals surface area (Å²) >= 11 is 12.6. The highest BCUT2D eigenvalue weighted by Gasteiger charge is 2.43. The van der Waals surface area contributed by atoms with Gasteiger partial charge >= 0.3 is 0 Å². The number of amides is 1. The van der Waals surface area contributed by atoms with Gasteiger partial charge in [0.05, 0.1) is 5.71 Å². The van der Waals surface area contributed by atoms with Crippen molar-refractivity contribution in [2.45, 2.75) is 25.9 Å². The first-order chi connectivity index (χ1) is 14.5. The number of nitrogens with one attached hydrogen (secondary N) is 1. The molecule has 1 fully saturated rings. The van der Waals surface area contributed by atoms with Crippen molar-refractivity contribution in [3.05, 3.63) is 69.2 Å². The molecule has 1 saturated carbocycles. The minimum Gasteiger partial charge on any atom is -0.398 e. The third-order valence-corrected chi connectivity index (χ3v) is 5.68. The monoisotopic (exact) mass is 447 g/mol. The molecule has 3 rings (SSSR count). The highest BCUT2D eigenvalue weighted by Crippen LogP contribution is 2.52. The van der Waals surface area contributed by atoms with Gasteiger partial charge in [-0.25, -0.2) is 0 Å². The number of likely N-dealkylation sites (N-methyl/N-ethyl adjacent to an activating group) is 1. The van der Waals surface area contributed by atoms with E-state index in [1.807, 2.05) is 43.3 Å². The van der Waals surface area contributed by atoms with Crippen molar-refractivity contribution in [1.82, 2.24) is 5.32 Å². The van der Waals surface area contributed by atoms with Crippen molar-refractivity contribution in [2.24, 2.45) is 16.2 Å². The van der Waals surface area contributed by atoms with Gasteiger partial charge in [-0.05, 0) is 37.0 Å². The van der Waals surface area contributed by atoms with E-state index < -0.39 is 0 Å². The van der Waals surface area contributed by atoms with Crippen LogP contribution in [0.2, 0.25) is 10.0 Å². The Bertz CT molecular complexity index is 971. The number of carbonyl (C=O) groups is 1. The van der Waals surface area contributed by atoms with E-state index in [-0.39, 0.29) is 30.1 Å².